The van der Waals surface area contributed by atoms with Gasteiger partial charge in [0.1, 0.15) is 6.61 Å². The third kappa shape index (κ3) is 3.28. The van der Waals surface area contributed by atoms with E-state index in [4.69, 9.17) is 15.0 Å². The van der Waals surface area contributed by atoms with Crippen LogP contribution in [0.25, 0.3) is 11.3 Å². The number of hydrogen-bond donors (Lipinski definition) is 1. The first-order valence-electron chi connectivity index (χ1n) is 6.94. The van der Waals surface area contributed by atoms with Crippen LogP contribution in [0, 0.1) is 0 Å². The van der Waals surface area contributed by atoms with Crippen LogP contribution < -0.4 is 10.5 Å². The van der Waals surface area contributed by atoms with E-state index in [-0.39, 0.29) is 12.4 Å². The zero-order valence-corrected chi connectivity index (χ0v) is 12.5. The minimum atomic E-state index is 0. The van der Waals surface area contributed by atoms with Gasteiger partial charge in [-0.3, -0.25) is 0 Å². The van der Waals surface area contributed by atoms with Gasteiger partial charge in [0.25, 0.3) is 5.88 Å². The Bertz CT molecular complexity index is 596. The Morgan fingerprint density at radius 2 is 2.10 bits per heavy atom. The van der Waals surface area contributed by atoms with Crippen molar-refractivity contribution in [1.29, 1.82) is 0 Å². The summed E-state index contributed by atoms with van der Waals surface area (Å²) in [6, 6.07) is 10.0. The molecular weight excluding hydrogens is 288 g/mol. The van der Waals surface area contributed by atoms with Crippen molar-refractivity contribution < 1.29 is 9.26 Å². The second-order valence-electron chi connectivity index (χ2n) is 4.85. The highest BCUT2D eigenvalue weighted by atomic mass is 35.5. The molecule has 3 rings (SSSR count). The van der Waals surface area contributed by atoms with E-state index >= 15 is 0 Å². The van der Waals surface area contributed by atoms with Gasteiger partial charge in [0, 0.05) is 18.0 Å². The van der Waals surface area contributed by atoms with Gasteiger partial charge in [0.2, 0.25) is 0 Å². The molecule has 1 aromatic carbocycles. The highest BCUT2D eigenvalue weighted by Gasteiger charge is 2.26. The number of nitrogens with two attached hydrogens (primary N) is 1. The maximum absolute atomic E-state index is 5.64. The van der Waals surface area contributed by atoms with Crippen molar-refractivity contribution in [2.24, 2.45) is 5.73 Å². The van der Waals surface area contributed by atoms with Crippen molar-refractivity contribution in [3.63, 3.8) is 0 Å². The second-order valence-corrected chi connectivity index (χ2v) is 4.85. The van der Waals surface area contributed by atoms with Crippen molar-refractivity contribution in [1.82, 2.24) is 5.16 Å². The lowest BCUT2D eigenvalue weighted by molar-refractivity contribution is 0.286. The van der Waals surface area contributed by atoms with Gasteiger partial charge in [0.15, 0.2) is 5.76 Å². The molecule has 0 saturated carbocycles. The van der Waals surface area contributed by atoms with Crippen LogP contribution in [-0.4, -0.2) is 18.3 Å². The number of ether oxygens (including phenoxy) is 1. The third-order valence-electron chi connectivity index (χ3n) is 3.47. The van der Waals surface area contributed by atoms with Gasteiger partial charge in [-0.25, -0.2) is 0 Å². The largest absolute Gasteiger partial charge is 0.474 e. The fourth-order valence-corrected chi connectivity index (χ4v) is 2.54. The average molecular weight is 307 g/mol. The molecule has 5 heteroatoms. The molecule has 2 N–H and O–H groups in total. The normalized spacial score (nSPS) is 16.7. The minimum Gasteiger partial charge on any atom is -0.474 e. The maximum Gasteiger partial charge on any atom is 0.258 e. The second kappa shape index (κ2) is 7.29. The molecule has 4 nitrogen and oxygen atoms in total. The number of benzene rings is 1. The predicted octanol–water partition coefficient (Wildman–Crippen LogP) is 3.53. The average Bonchev–Trinajstić information content (AvgIpc) is 3.14. The first-order valence-corrected chi connectivity index (χ1v) is 6.94. The molecule has 0 bridgehead atoms. The summed E-state index contributed by atoms with van der Waals surface area (Å²) in [6.07, 6.45) is 6.55. The van der Waals surface area contributed by atoms with Crippen LogP contribution in [0.2, 0.25) is 0 Å². The summed E-state index contributed by atoms with van der Waals surface area (Å²) >= 11 is 0. The van der Waals surface area contributed by atoms with Crippen LogP contribution in [-0.2, 0) is 0 Å². The van der Waals surface area contributed by atoms with E-state index in [0.717, 1.165) is 29.7 Å². The summed E-state index contributed by atoms with van der Waals surface area (Å²) in [6.45, 7) is 0.914. The molecule has 1 atom stereocenters. The number of nitrogens with zero attached hydrogens (tertiary/aromatic N) is 1. The zero-order chi connectivity index (χ0) is 13.8. The van der Waals surface area contributed by atoms with E-state index in [1.54, 1.807) is 0 Å². The molecule has 0 radical (unpaired) electrons. The molecule has 0 amide bonds. The molecular formula is C16H19ClN2O2. The van der Waals surface area contributed by atoms with E-state index in [1.165, 1.54) is 0 Å². The molecule has 1 aliphatic carbocycles. The molecule has 0 saturated heterocycles. The summed E-state index contributed by atoms with van der Waals surface area (Å²) < 4.78 is 11.2. The fourth-order valence-electron chi connectivity index (χ4n) is 2.54. The fraction of sp³-hybridized carbons (Fsp3) is 0.312. The highest BCUT2D eigenvalue weighted by molar-refractivity contribution is 5.85. The van der Waals surface area contributed by atoms with E-state index in [9.17, 15) is 0 Å². The number of hydrogen-bond acceptors (Lipinski definition) is 4. The predicted molar refractivity (Wildman–Crippen MR) is 84.9 cm³/mol. The SMILES string of the molecule is Cl.NCCOc1noc(-c2ccccc2)c1C1C=CCC1. The van der Waals surface area contributed by atoms with Crippen LogP contribution >= 0.6 is 12.4 Å². The Hall–Kier alpha value is -1.78. The Labute approximate surface area is 130 Å². The first kappa shape index (κ1) is 15.6. The molecule has 0 spiro atoms. The summed E-state index contributed by atoms with van der Waals surface area (Å²) in [5.41, 5.74) is 7.57. The van der Waals surface area contributed by atoms with E-state index in [2.05, 4.69) is 17.3 Å². The van der Waals surface area contributed by atoms with Crippen molar-refractivity contribution in [2.75, 3.05) is 13.2 Å². The lowest BCUT2D eigenvalue weighted by atomic mass is 9.96. The van der Waals surface area contributed by atoms with Gasteiger partial charge in [-0.15, -0.1) is 12.4 Å². The van der Waals surface area contributed by atoms with E-state index in [1.807, 2.05) is 30.3 Å². The summed E-state index contributed by atoms with van der Waals surface area (Å²) in [7, 11) is 0. The summed E-state index contributed by atoms with van der Waals surface area (Å²) in [4.78, 5) is 0. The van der Waals surface area contributed by atoms with Crippen LogP contribution in [0.1, 0.15) is 24.3 Å². The lowest BCUT2D eigenvalue weighted by Gasteiger charge is -2.10. The van der Waals surface area contributed by atoms with Gasteiger partial charge in [0.05, 0.1) is 5.56 Å². The van der Waals surface area contributed by atoms with Crippen molar-refractivity contribution in [3.05, 3.63) is 48.0 Å². The van der Waals surface area contributed by atoms with Crippen molar-refractivity contribution in [2.45, 2.75) is 18.8 Å². The Kier molecular flexibility index (Phi) is 5.42. The molecule has 0 aliphatic heterocycles. The Morgan fingerprint density at radius 3 is 2.76 bits per heavy atom. The number of aromatic nitrogens is 1. The van der Waals surface area contributed by atoms with Gasteiger partial charge < -0.3 is 15.0 Å². The monoisotopic (exact) mass is 306 g/mol. The molecule has 0 fully saturated rings. The molecule has 1 heterocycles. The van der Waals surface area contributed by atoms with Gasteiger partial charge in [-0.05, 0) is 18.0 Å². The summed E-state index contributed by atoms with van der Waals surface area (Å²) in [5.74, 6) is 1.68. The highest BCUT2D eigenvalue weighted by Crippen LogP contribution is 2.41. The minimum absolute atomic E-state index is 0. The van der Waals surface area contributed by atoms with Crippen LogP contribution in [0.4, 0.5) is 0 Å². The van der Waals surface area contributed by atoms with Crippen LogP contribution in [0.5, 0.6) is 5.88 Å². The summed E-state index contributed by atoms with van der Waals surface area (Å²) in [5, 5.41) is 4.09. The molecule has 1 aromatic heterocycles. The molecule has 2 aromatic rings. The lowest BCUT2D eigenvalue weighted by Crippen LogP contribution is -2.12. The first-order chi connectivity index (χ1) is 9.90. The Morgan fingerprint density at radius 1 is 1.29 bits per heavy atom. The van der Waals surface area contributed by atoms with Crippen LogP contribution in [0.3, 0.4) is 0 Å². The van der Waals surface area contributed by atoms with E-state index in [0.29, 0.717) is 24.9 Å². The van der Waals surface area contributed by atoms with E-state index < -0.39 is 0 Å². The third-order valence-corrected chi connectivity index (χ3v) is 3.47. The standard InChI is InChI=1S/C16H18N2O2.ClH/c17-10-11-19-16-14(12-6-4-5-7-12)15(20-18-16)13-8-2-1-3-9-13;/h1-4,6,8-9,12H,5,7,10-11,17H2;1H. The molecule has 112 valence electrons. The van der Waals surface area contributed by atoms with Gasteiger partial charge >= 0.3 is 0 Å². The topological polar surface area (TPSA) is 61.3 Å². The quantitative estimate of drug-likeness (QED) is 0.858. The van der Waals surface area contributed by atoms with Crippen molar-refractivity contribution >= 4 is 12.4 Å². The molecule has 1 unspecified atom stereocenters. The van der Waals surface area contributed by atoms with Crippen LogP contribution in [0.15, 0.2) is 47.0 Å². The smallest absolute Gasteiger partial charge is 0.258 e. The Balaban J connectivity index is 0.00000161. The number of rotatable bonds is 5. The van der Waals surface area contributed by atoms with Crippen molar-refractivity contribution in [3.8, 4) is 17.2 Å². The maximum atomic E-state index is 5.64. The number of halogens is 1. The molecule has 21 heavy (non-hydrogen) atoms. The number of allylic oxidation sites excluding steroid dienone is 2. The van der Waals surface area contributed by atoms with Gasteiger partial charge in [-0.2, -0.15) is 0 Å². The van der Waals surface area contributed by atoms with Gasteiger partial charge in [-0.1, -0.05) is 42.5 Å². The molecule has 1 aliphatic rings. The zero-order valence-electron chi connectivity index (χ0n) is 11.7.